The largest absolute Gasteiger partial charge is 0.492 e. The molecule has 1 amide bonds. The number of hydrogen-bond donors (Lipinski definition) is 2. The van der Waals surface area contributed by atoms with Gasteiger partial charge < -0.3 is 15.4 Å². The van der Waals surface area contributed by atoms with Crippen LogP contribution >= 0.6 is 0 Å². The van der Waals surface area contributed by atoms with Crippen LogP contribution in [0.2, 0.25) is 0 Å². The second-order valence-electron chi connectivity index (χ2n) is 6.75. The zero-order valence-electron chi connectivity index (χ0n) is 16.3. The van der Waals surface area contributed by atoms with Gasteiger partial charge in [-0.1, -0.05) is 36.4 Å². The van der Waals surface area contributed by atoms with Crippen molar-refractivity contribution in [2.24, 2.45) is 0 Å². The Kier molecular flexibility index (Phi) is 5.73. The van der Waals surface area contributed by atoms with Gasteiger partial charge >= 0.3 is 0 Å². The molecule has 0 aliphatic carbocycles. The third kappa shape index (κ3) is 4.29. The maximum absolute atomic E-state index is 13.1. The van der Waals surface area contributed by atoms with E-state index in [0.717, 1.165) is 0 Å². The minimum atomic E-state index is -4.02. The lowest BCUT2D eigenvalue weighted by Crippen LogP contribution is -2.25. The van der Waals surface area contributed by atoms with Gasteiger partial charge in [-0.2, -0.15) is 0 Å². The summed E-state index contributed by atoms with van der Waals surface area (Å²) in [5, 5.41) is 5.58. The highest BCUT2D eigenvalue weighted by Gasteiger charge is 2.39. The molecule has 31 heavy (non-hydrogen) atoms. The molecule has 3 aromatic carbocycles. The van der Waals surface area contributed by atoms with Crippen LogP contribution in [0.4, 0.5) is 10.1 Å². The van der Waals surface area contributed by atoms with Gasteiger partial charge in [0.1, 0.15) is 18.2 Å². The highest BCUT2D eigenvalue weighted by Crippen LogP contribution is 2.38. The van der Waals surface area contributed by atoms with Gasteiger partial charge in [-0.3, -0.25) is 4.79 Å². The zero-order valence-corrected chi connectivity index (χ0v) is 17.2. The van der Waals surface area contributed by atoms with Crippen molar-refractivity contribution in [1.29, 1.82) is 0 Å². The molecule has 3 aromatic rings. The number of sulfone groups is 1. The first kappa shape index (κ1) is 20.6. The van der Waals surface area contributed by atoms with Gasteiger partial charge in [0, 0.05) is 17.8 Å². The fourth-order valence-electron chi connectivity index (χ4n) is 3.27. The van der Waals surface area contributed by atoms with Crippen LogP contribution in [0.15, 0.2) is 88.7 Å². The van der Waals surface area contributed by atoms with Crippen LogP contribution in [0.5, 0.6) is 5.75 Å². The zero-order chi connectivity index (χ0) is 21.8. The van der Waals surface area contributed by atoms with Gasteiger partial charge in [0.25, 0.3) is 5.91 Å². The minimum absolute atomic E-state index is 0.0609. The first-order chi connectivity index (χ1) is 15.0. The predicted octanol–water partition coefficient (Wildman–Crippen LogP) is 3.59. The molecule has 0 saturated carbocycles. The molecule has 1 aliphatic rings. The van der Waals surface area contributed by atoms with Gasteiger partial charge in [-0.05, 0) is 42.5 Å². The number of ether oxygens (including phenoxy) is 1. The monoisotopic (exact) mass is 438 g/mol. The fraction of sp³-hybridized carbons (Fsp3) is 0.0870. The third-order valence-electron chi connectivity index (χ3n) is 4.67. The van der Waals surface area contributed by atoms with E-state index in [0.29, 0.717) is 11.3 Å². The Hall–Kier alpha value is -3.65. The smallest absolute Gasteiger partial charge is 0.269 e. The topological polar surface area (TPSA) is 84.5 Å². The molecule has 0 fully saturated rings. The highest BCUT2D eigenvalue weighted by atomic mass is 32.2. The van der Waals surface area contributed by atoms with Gasteiger partial charge in [-0.25, -0.2) is 12.8 Å². The Balaban J connectivity index is 1.59. The van der Waals surface area contributed by atoms with Crippen LogP contribution in [0.3, 0.4) is 0 Å². The molecular weight excluding hydrogens is 419 g/mol. The Labute approximate surface area is 179 Å². The fourth-order valence-corrected chi connectivity index (χ4v) is 4.95. The molecule has 0 unspecified atom stereocenters. The molecular formula is C23H19FN2O4S. The summed E-state index contributed by atoms with van der Waals surface area (Å²) >= 11 is 0. The SMILES string of the molecule is O=C(Nc1ccc(F)cc1)C1=C(NCCOc2ccccc2)c2ccccc2S1(=O)=O. The van der Waals surface area contributed by atoms with Crippen molar-refractivity contribution in [1.82, 2.24) is 5.32 Å². The molecule has 8 heteroatoms. The van der Waals surface area contributed by atoms with Crippen molar-refractivity contribution in [3.8, 4) is 5.75 Å². The summed E-state index contributed by atoms with van der Waals surface area (Å²) in [5.41, 5.74) is 0.926. The molecule has 1 aliphatic heterocycles. The molecule has 1 heterocycles. The Morgan fingerprint density at radius 1 is 0.903 bits per heavy atom. The number of rotatable bonds is 7. The first-order valence-corrected chi connectivity index (χ1v) is 11.0. The summed E-state index contributed by atoms with van der Waals surface area (Å²) in [6.07, 6.45) is 0. The Morgan fingerprint density at radius 3 is 2.32 bits per heavy atom. The second kappa shape index (κ2) is 8.61. The summed E-state index contributed by atoms with van der Waals surface area (Å²) in [6.45, 7) is 0.546. The molecule has 6 nitrogen and oxygen atoms in total. The summed E-state index contributed by atoms with van der Waals surface area (Å²) < 4.78 is 45.0. The number of carbonyl (C=O) groups excluding carboxylic acids is 1. The Morgan fingerprint density at radius 2 is 1.58 bits per heavy atom. The number of nitrogens with one attached hydrogen (secondary N) is 2. The van der Waals surface area contributed by atoms with E-state index in [1.165, 1.54) is 30.3 Å². The summed E-state index contributed by atoms with van der Waals surface area (Å²) in [4.78, 5) is 12.6. The number of para-hydroxylation sites is 1. The normalized spacial score (nSPS) is 14.1. The lowest BCUT2D eigenvalue weighted by molar-refractivity contribution is -0.112. The van der Waals surface area contributed by atoms with Crippen LogP contribution in [-0.2, 0) is 14.6 Å². The number of anilines is 1. The lowest BCUT2D eigenvalue weighted by Gasteiger charge is -2.12. The second-order valence-corrected chi connectivity index (χ2v) is 8.61. The standard InChI is InChI=1S/C23H19FN2O4S/c24-16-10-12-17(13-11-16)26-23(27)22-21(19-8-4-5-9-20(19)31(22,28)29)25-14-15-30-18-6-2-1-3-7-18/h1-13,25H,14-15H2,(H,26,27). The maximum Gasteiger partial charge on any atom is 0.269 e. The van der Waals surface area contributed by atoms with E-state index in [9.17, 15) is 17.6 Å². The van der Waals surface area contributed by atoms with Crippen LogP contribution in [-0.4, -0.2) is 27.5 Å². The average Bonchev–Trinajstić information content (AvgIpc) is 3.00. The van der Waals surface area contributed by atoms with Crippen LogP contribution in [0, 0.1) is 5.82 Å². The Bertz CT molecular complexity index is 1240. The molecule has 158 valence electrons. The number of benzene rings is 3. The average molecular weight is 438 g/mol. The molecule has 0 bridgehead atoms. The van der Waals surface area contributed by atoms with E-state index in [1.807, 2.05) is 30.3 Å². The van der Waals surface area contributed by atoms with Gasteiger partial charge in [0.2, 0.25) is 9.84 Å². The molecule has 0 aromatic heterocycles. The van der Waals surface area contributed by atoms with Crippen LogP contribution in [0.1, 0.15) is 5.56 Å². The quantitative estimate of drug-likeness (QED) is 0.551. The summed E-state index contributed by atoms with van der Waals surface area (Å²) in [7, 11) is -4.02. The summed E-state index contributed by atoms with van der Waals surface area (Å²) in [5.74, 6) is -0.569. The molecule has 0 spiro atoms. The third-order valence-corrected chi connectivity index (χ3v) is 6.53. The lowest BCUT2D eigenvalue weighted by atomic mass is 10.1. The van der Waals surface area contributed by atoms with E-state index in [2.05, 4.69) is 10.6 Å². The molecule has 4 rings (SSSR count). The van der Waals surface area contributed by atoms with Crippen molar-refractivity contribution >= 4 is 27.1 Å². The van der Waals surface area contributed by atoms with Crippen molar-refractivity contribution in [2.45, 2.75) is 4.90 Å². The van der Waals surface area contributed by atoms with E-state index in [1.54, 1.807) is 18.2 Å². The minimum Gasteiger partial charge on any atom is -0.492 e. The van der Waals surface area contributed by atoms with E-state index in [-0.39, 0.29) is 34.3 Å². The van der Waals surface area contributed by atoms with Crippen molar-refractivity contribution in [3.63, 3.8) is 0 Å². The number of fused-ring (bicyclic) bond motifs is 1. The molecule has 0 atom stereocenters. The number of halogens is 1. The van der Waals surface area contributed by atoms with E-state index < -0.39 is 21.6 Å². The molecule has 2 N–H and O–H groups in total. The number of carbonyl (C=O) groups is 1. The summed E-state index contributed by atoms with van der Waals surface area (Å²) in [6, 6.07) is 20.7. The van der Waals surface area contributed by atoms with Crippen LogP contribution in [0.25, 0.3) is 5.70 Å². The first-order valence-electron chi connectivity index (χ1n) is 9.54. The van der Waals surface area contributed by atoms with Gasteiger partial charge in [0.05, 0.1) is 10.6 Å². The number of amides is 1. The molecule has 0 saturated heterocycles. The van der Waals surface area contributed by atoms with Gasteiger partial charge in [-0.15, -0.1) is 0 Å². The predicted molar refractivity (Wildman–Crippen MR) is 116 cm³/mol. The maximum atomic E-state index is 13.1. The van der Waals surface area contributed by atoms with Gasteiger partial charge in [0.15, 0.2) is 4.91 Å². The molecule has 0 radical (unpaired) electrons. The van der Waals surface area contributed by atoms with E-state index >= 15 is 0 Å². The van der Waals surface area contributed by atoms with Crippen molar-refractivity contribution in [3.05, 3.63) is 95.1 Å². The van der Waals surface area contributed by atoms with E-state index in [4.69, 9.17) is 4.74 Å². The van der Waals surface area contributed by atoms with Crippen molar-refractivity contribution in [2.75, 3.05) is 18.5 Å². The van der Waals surface area contributed by atoms with Crippen molar-refractivity contribution < 1.29 is 22.3 Å². The number of hydrogen-bond acceptors (Lipinski definition) is 5. The van der Waals surface area contributed by atoms with Crippen LogP contribution < -0.4 is 15.4 Å². The highest BCUT2D eigenvalue weighted by molar-refractivity contribution is 7.97.